The number of anilines is 2. The molecule has 7 heteroatoms. The Kier molecular flexibility index (Phi) is 3.94. The Balaban J connectivity index is 1.61. The lowest BCUT2D eigenvalue weighted by molar-refractivity contribution is 0.0724. The van der Waals surface area contributed by atoms with Gasteiger partial charge in [-0.1, -0.05) is 19.9 Å². The first-order valence-electron chi connectivity index (χ1n) is 8.56. The highest BCUT2D eigenvalue weighted by Crippen LogP contribution is 2.41. The minimum atomic E-state index is -0.360. The fourth-order valence-corrected chi connectivity index (χ4v) is 3.20. The van der Waals surface area contributed by atoms with Crippen molar-refractivity contribution < 1.29 is 18.7 Å². The highest BCUT2D eigenvalue weighted by Gasteiger charge is 2.40. The van der Waals surface area contributed by atoms with Gasteiger partial charge in [0.15, 0.2) is 17.2 Å². The molecule has 0 spiro atoms. The molecule has 1 unspecified atom stereocenters. The number of pyridine rings is 1. The normalized spacial score (nSPS) is 19.6. The highest BCUT2D eigenvalue weighted by atomic mass is 19.1. The summed E-state index contributed by atoms with van der Waals surface area (Å²) in [4.78, 5) is 17.1. The van der Waals surface area contributed by atoms with Gasteiger partial charge >= 0.3 is 0 Å². The lowest BCUT2D eigenvalue weighted by atomic mass is 9.67. The van der Waals surface area contributed by atoms with Crippen molar-refractivity contribution in [1.29, 1.82) is 0 Å². The van der Waals surface area contributed by atoms with Gasteiger partial charge in [-0.3, -0.25) is 4.79 Å². The maximum absolute atomic E-state index is 13.4. The summed E-state index contributed by atoms with van der Waals surface area (Å²) < 4.78 is 24.2. The Morgan fingerprint density at radius 3 is 2.85 bits per heavy atom. The average Bonchev–Trinajstić information content (AvgIpc) is 3.06. The van der Waals surface area contributed by atoms with Crippen LogP contribution in [0.4, 0.5) is 15.9 Å². The van der Waals surface area contributed by atoms with Crippen LogP contribution in [0.2, 0.25) is 0 Å². The Bertz CT molecular complexity index is 869. The van der Waals surface area contributed by atoms with Crippen molar-refractivity contribution in [3.8, 4) is 11.5 Å². The van der Waals surface area contributed by atoms with E-state index >= 15 is 0 Å². The van der Waals surface area contributed by atoms with E-state index in [1.807, 2.05) is 0 Å². The summed E-state index contributed by atoms with van der Waals surface area (Å²) >= 11 is 0. The smallest absolute Gasteiger partial charge is 0.274 e. The van der Waals surface area contributed by atoms with E-state index in [1.54, 1.807) is 18.2 Å². The number of carbonyl (C=O) groups excluding carboxylic acids is 1. The van der Waals surface area contributed by atoms with Crippen molar-refractivity contribution in [2.45, 2.75) is 32.7 Å². The van der Waals surface area contributed by atoms with Gasteiger partial charge in [-0.25, -0.2) is 9.37 Å². The Morgan fingerprint density at radius 1 is 1.31 bits per heavy atom. The van der Waals surface area contributed by atoms with Gasteiger partial charge < -0.3 is 20.1 Å². The Morgan fingerprint density at radius 2 is 2.15 bits per heavy atom. The molecule has 1 amide bonds. The van der Waals surface area contributed by atoms with Gasteiger partial charge in [-0.15, -0.1) is 0 Å². The van der Waals surface area contributed by atoms with Gasteiger partial charge in [0.25, 0.3) is 5.91 Å². The van der Waals surface area contributed by atoms with Crippen LogP contribution in [0, 0.1) is 11.2 Å². The summed E-state index contributed by atoms with van der Waals surface area (Å²) in [6.07, 6.45) is 2.02. The summed E-state index contributed by atoms with van der Waals surface area (Å²) in [5, 5.41) is 6.03. The number of amides is 1. The van der Waals surface area contributed by atoms with Crippen molar-refractivity contribution >= 4 is 17.4 Å². The number of ether oxygens (including phenoxy) is 2. The average molecular weight is 357 g/mol. The van der Waals surface area contributed by atoms with Crippen molar-refractivity contribution in [3.05, 3.63) is 41.8 Å². The second-order valence-electron chi connectivity index (χ2n) is 7.28. The molecule has 26 heavy (non-hydrogen) atoms. The first-order valence-corrected chi connectivity index (χ1v) is 8.56. The van der Waals surface area contributed by atoms with Gasteiger partial charge in [-0.05, 0) is 36.5 Å². The molecule has 2 heterocycles. The molecule has 1 aromatic carbocycles. The molecule has 1 aliphatic carbocycles. The van der Waals surface area contributed by atoms with Crippen LogP contribution < -0.4 is 20.1 Å². The van der Waals surface area contributed by atoms with E-state index in [1.165, 1.54) is 12.1 Å². The molecule has 2 aromatic rings. The number of aromatic nitrogens is 1. The third-order valence-electron chi connectivity index (χ3n) is 4.99. The lowest BCUT2D eigenvalue weighted by Gasteiger charge is -2.44. The number of carbonyl (C=O) groups is 1. The van der Waals surface area contributed by atoms with Gasteiger partial charge in [0.05, 0.1) is 0 Å². The minimum Gasteiger partial charge on any atom is -0.453 e. The number of nitrogens with zero attached hydrogens (tertiary/aromatic N) is 1. The number of fused-ring (bicyclic) bond motifs is 1. The van der Waals surface area contributed by atoms with Crippen LogP contribution in [-0.2, 0) is 0 Å². The molecule has 1 fully saturated rings. The molecule has 6 nitrogen and oxygen atoms in total. The summed E-state index contributed by atoms with van der Waals surface area (Å²) in [5.41, 5.74) is 0.776. The molecule has 2 N–H and O–H groups in total. The number of nitrogens with one attached hydrogen (secondary N) is 2. The summed E-state index contributed by atoms with van der Waals surface area (Å²) in [6, 6.07) is 7.76. The van der Waals surface area contributed by atoms with Crippen LogP contribution in [0.1, 0.15) is 37.2 Å². The first-order chi connectivity index (χ1) is 12.4. The van der Waals surface area contributed by atoms with Crippen molar-refractivity contribution in [3.63, 3.8) is 0 Å². The molecule has 1 saturated carbocycles. The van der Waals surface area contributed by atoms with E-state index in [-0.39, 0.29) is 35.7 Å². The topological polar surface area (TPSA) is 72.5 Å². The SMILES string of the molecule is CC1(C)CCC1NC(=O)c1nc(Nc2cccc(F)c2)cc2c1OCO2. The van der Waals surface area contributed by atoms with Crippen LogP contribution in [0.5, 0.6) is 11.5 Å². The quantitative estimate of drug-likeness (QED) is 0.875. The zero-order valence-electron chi connectivity index (χ0n) is 14.6. The second-order valence-corrected chi connectivity index (χ2v) is 7.28. The molecular formula is C19H20FN3O3. The minimum absolute atomic E-state index is 0.0373. The number of halogens is 1. The molecule has 0 saturated heterocycles. The van der Waals surface area contributed by atoms with Crippen LogP contribution in [0.15, 0.2) is 30.3 Å². The van der Waals surface area contributed by atoms with E-state index < -0.39 is 0 Å². The van der Waals surface area contributed by atoms with E-state index in [9.17, 15) is 9.18 Å². The molecule has 0 radical (unpaired) electrons. The van der Waals surface area contributed by atoms with Gasteiger partial charge in [0.1, 0.15) is 11.6 Å². The van der Waals surface area contributed by atoms with E-state index in [0.29, 0.717) is 23.0 Å². The number of hydrogen-bond donors (Lipinski definition) is 2. The predicted octanol–water partition coefficient (Wildman–Crippen LogP) is 3.61. The third kappa shape index (κ3) is 3.05. The molecule has 136 valence electrons. The third-order valence-corrected chi connectivity index (χ3v) is 4.99. The largest absolute Gasteiger partial charge is 0.453 e. The fraction of sp³-hybridized carbons (Fsp3) is 0.368. The van der Waals surface area contributed by atoms with Crippen LogP contribution in [0.3, 0.4) is 0 Å². The predicted molar refractivity (Wildman–Crippen MR) is 94.3 cm³/mol. The molecular weight excluding hydrogens is 337 g/mol. The number of benzene rings is 1. The van der Waals surface area contributed by atoms with E-state index in [0.717, 1.165) is 12.8 Å². The van der Waals surface area contributed by atoms with E-state index in [2.05, 4.69) is 29.5 Å². The lowest BCUT2D eigenvalue weighted by Crippen LogP contribution is -2.52. The monoisotopic (exact) mass is 357 g/mol. The maximum atomic E-state index is 13.4. The molecule has 1 aliphatic heterocycles. The van der Waals surface area contributed by atoms with Gasteiger partial charge in [0, 0.05) is 17.8 Å². The molecule has 1 atom stereocenters. The van der Waals surface area contributed by atoms with E-state index in [4.69, 9.17) is 9.47 Å². The zero-order valence-corrected chi connectivity index (χ0v) is 14.6. The summed E-state index contributed by atoms with van der Waals surface area (Å²) in [5.74, 6) is 0.507. The first kappa shape index (κ1) is 16.6. The van der Waals surface area contributed by atoms with Crippen molar-refractivity contribution in [2.75, 3.05) is 12.1 Å². The fourth-order valence-electron chi connectivity index (χ4n) is 3.20. The van der Waals surface area contributed by atoms with Crippen LogP contribution >= 0.6 is 0 Å². The molecule has 2 aliphatic rings. The summed E-state index contributed by atoms with van der Waals surface area (Å²) in [7, 11) is 0. The van der Waals surface area contributed by atoms with Crippen LogP contribution in [-0.4, -0.2) is 23.7 Å². The Labute approximate surface area is 150 Å². The summed E-state index contributed by atoms with van der Waals surface area (Å²) in [6.45, 7) is 4.29. The zero-order chi connectivity index (χ0) is 18.3. The van der Waals surface area contributed by atoms with Crippen molar-refractivity contribution in [2.24, 2.45) is 5.41 Å². The highest BCUT2D eigenvalue weighted by molar-refractivity contribution is 5.97. The molecule has 4 rings (SSSR count). The van der Waals surface area contributed by atoms with Crippen LogP contribution in [0.25, 0.3) is 0 Å². The molecule has 0 bridgehead atoms. The Hall–Kier alpha value is -2.83. The molecule has 1 aromatic heterocycles. The second kappa shape index (κ2) is 6.16. The standard InChI is InChI=1S/C19H20FN3O3/c1-19(2)7-6-14(19)22-18(24)16-17-13(25-10-26-17)9-15(23-16)21-12-5-3-4-11(20)8-12/h3-5,8-9,14H,6-7,10H2,1-2H3,(H,21,23)(H,22,24). The van der Waals surface area contributed by atoms with Gasteiger partial charge in [-0.2, -0.15) is 0 Å². The van der Waals surface area contributed by atoms with Gasteiger partial charge in [0.2, 0.25) is 6.79 Å². The number of hydrogen-bond acceptors (Lipinski definition) is 5. The number of rotatable bonds is 4. The maximum Gasteiger partial charge on any atom is 0.274 e. The van der Waals surface area contributed by atoms with Crippen molar-refractivity contribution in [1.82, 2.24) is 10.3 Å².